The highest BCUT2D eigenvalue weighted by molar-refractivity contribution is 6.33. The summed E-state index contributed by atoms with van der Waals surface area (Å²) in [7, 11) is 0. The molecule has 0 spiro atoms. The third kappa shape index (κ3) is 3.26. The van der Waals surface area contributed by atoms with Crippen LogP contribution in [-0.4, -0.2) is 21.2 Å². The van der Waals surface area contributed by atoms with Crippen LogP contribution in [0.15, 0.2) is 57.9 Å². The van der Waals surface area contributed by atoms with E-state index in [1.54, 1.807) is 24.3 Å². The summed E-state index contributed by atoms with van der Waals surface area (Å²) in [5, 5.41) is 20.9. The number of oxazole rings is 1. The predicted octanol–water partition coefficient (Wildman–Crippen LogP) is 4.36. The van der Waals surface area contributed by atoms with Crippen molar-refractivity contribution in [2.45, 2.75) is 0 Å². The van der Waals surface area contributed by atoms with Gasteiger partial charge < -0.3 is 9.52 Å². The van der Waals surface area contributed by atoms with Crippen molar-refractivity contribution in [3.05, 3.63) is 69.4 Å². The lowest BCUT2D eigenvalue weighted by molar-refractivity contribution is -0.384. The molecule has 0 saturated carbocycles. The number of benzene rings is 2. The van der Waals surface area contributed by atoms with Crippen molar-refractivity contribution in [1.29, 1.82) is 0 Å². The van der Waals surface area contributed by atoms with Gasteiger partial charge in [-0.2, -0.15) is 0 Å². The van der Waals surface area contributed by atoms with Crippen molar-refractivity contribution in [2.24, 2.45) is 4.99 Å². The van der Waals surface area contributed by atoms with Crippen molar-refractivity contribution in [3.8, 4) is 17.4 Å². The first-order valence-electron chi connectivity index (χ1n) is 6.78. The number of non-ortho nitro benzene ring substituents is 1. The van der Waals surface area contributed by atoms with Crippen LogP contribution in [-0.2, 0) is 0 Å². The zero-order valence-electron chi connectivity index (χ0n) is 12.1. The fourth-order valence-electron chi connectivity index (χ4n) is 1.94. The minimum atomic E-state index is -0.501. The second-order valence-corrected chi connectivity index (χ2v) is 5.13. The Hall–Kier alpha value is -3.19. The predicted molar refractivity (Wildman–Crippen MR) is 89.0 cm³/mol. The van der Waals surface area contributed by atoms with Gasteiger partial charge in [0.15, 0.2) is 5.69 Å². The lowest BCUT2D eigenvalue weighted by atomic mass is 10.2. The first-order chi connectivity index (χ1) is 11.5. The highest BCUT2D eigenvalue weighted by Gasteiger charge is 2.14. The quantitative estimate of drug-likeness (QED) is 0.430. The van der Waals surface area contributed by atoms with Gasteiger partial charge in [0.05, 0.1) is 21.8 Å². The summed E-state index contributed by atoms with van der Waals surface area (Å²) < 4.78 is 5.17. The Bertz CT molecular complexity index is 919. The van der Waals surface area contributed by atoms with E-state index in [1.807, 2.05) is 0 Å². The molecular formula is C16H10ClN3O4. The number of aromatic hydroxyl groups is 1. The molecule has 0 amide bonds. The summed E-state index contributed by atoms with van der Waals surface area (Å²) in [5.41, 5.74) is 1.10. The molecular weight excluding hydrogens is 334 g/mol. The Balaban J connectivity index is 1.87. The van der Waals surface area contributed by atoms with Gasteiger partial charge in [-0.3, -0.25) is 15.1 Å². The first-order valence-corrected chi connectivity index (χ1v) is 7.15. The van der Waals surface area contributed by atoms with Gasteiger partial charge in [0.25, 0.3) is 5.69 Å². The number of nitro benzene ring substituents is 1. The molecule has 1 heterocycles. The van der Waals surface area contributed by atoms with Crippen LogP contribution in [0, 0.1) is 10.1 Å². The standard InChI is InChI=1S/C16H10ClN3O4/c17-12-3-1-2-4-13(12)18-9-14-16(21)24-15(19-14)10-5-7-11(8-6-10)20(22)23/h1-9,21H. The Kier molecular flexibility index (Phi) is 4.26. The molecule has 7 nitrogen and oxygen atoms in total. The molecule has 0 atom stereocenters. The minimum absolute atomic E-state index is 0.0463. The molecule has 0 fully saturated rings. The Morgan fingerprint density at radius 2 is 1.92 bits per heavy atom. The van der Waals surface area contributed by atoms with Gasteiger partial charge in [-0.05, 0) is 24.3 Å². The van der Waals surface area contributed by atoms with Gasteiger partial charge in [0, 0.05) is 17.7 Å². The van der Waals surface area contributed by atoms with E-state index in [-0.39, 0.29) is 17.3 Å². The van der Waals surface area contributed by atoms with Crippen LogP contribution < -0.4 is 0 Å². The zero-order valence-corrected chi connectivity index (χ0v) is 12.8. The van der Waals surface area contributed by atoms with Crippen LogP contribution in [0.4, 0.5) is 11.4 Å². The van der Waals surface area contributed by atoms with Gasteiger partial charge in [-0.25, -0.2) is 4.98 Å². The Labute approximate surface area is 141 Å². The molecule has 0 aliphatic heterocycles. The summed E-state index contributed by atoms with van der Waals surface area (Å²) in [6.07, 6.45) is 1.33. The van der Waals surface area contributed by atoms with Crippen LogP contribution in [0.1, 0.15) is 5.69 Å². The van der Waals surface area contributed by atoms with Crippen LogP contribution in [0.3, 0.4) is 0 Å². The minimum Gasteiger partial charge on any atom is -0.479 e. The number of aromatic nitrogens is 1. The molecule has 3 rings (SSSR count). The third-order valence-corrected chi connectivity index (χ3v) is 3.46. The van der Waals surface area contributed by atoms with Gasteiger partial charge in [-0.1, -0.05) is 23.7 Å². The van der Waals surface area contributed by atoms with E-state index < -0.39 is 10.9 Å². The van der Waals surface area contributed by atoms with Crippen LogP contribution in [0.2, 0.25) is 5.02 Å². The Morgan fingerprint density at radius 1 is 1.21 bits per heavy atom. The molecule has 0 radical (unpaired) electrons. The maximum Gasteiger partial charge on any atom is 0.312 e. The average Bonchev–Trinajstić information content (AvgIpc) is 2.95. The lowest BCUT2D eigenvalue weighted by Crippen LogP contribution is -1.87. The van der Waals surface area contributed by atoms with Crippen molar-refractivity contribution >= 4 is 29.2 Å². The van der Waals surface area contributed by atoms with E-state index in [9.17, 15) is 15.2 Å². The highest BCUT2D eigenvalue weighted by Crippen LogP contribution is 2.28. The molecule has 0 unspecified atom stereocenters. The maximum atomic E-state index is 10.7. The summed E-state index contributed by atoms with van der Waals surface area (Å²) >= 11 is 6.00. The SMILES string of the molecule is O=[N+]([O-])c1ccc(-c2nc(C=Nc3ccccc3Cl)c(O)o2)cc1. The molecule has 24 heavy (non-hydrogen) atoms. The van der Waals surface area contributed by atoms with E-state index in [0.29, 0.717) is 16.3 Å². The molecule has 120 valence electrons. The topological polar surface area (TPSA) is 102 Å². The second kappa shape index (κ2) is 6.51. The van der Waals surface area contributed by atoms with E-state index in [1.165, 1.54) is 30.5 Å². The number of aliphatic imine (C=N–C) groups is 1. The van der Waals surface area contributed by atoms with E-state index in [0.717, 1.165) is 0 Å². The summed E-state index contributed by atoms with van der Waals surface area (Å²) in [6.45, 7) is 0. The molecule has 2 aromatic carbocycles. The monoisotopic (exact) mass is 343 g/mol. The van der Waals surface area contributed by atoms with E-state index in [4.69, 9.17) is 16.0 Å². The molecule has 0 aliphatic carbocycles. The Morgan fingerprint density at radius 3 is 2.58 bits per heavy atom. The number of rotatable bonds is 4. The van der Waals surface area contributed by atoms with Crippen molar-refractivity contribution in [2.75, 3.05) is 0 Å². The fourth-order valence-corrected chi connectivity index (χ4v) is 2.13. The zero-order chi connectivity index (χ0) is 17.1. The fraction of sp³-hybridized carbons (Fsp3) is 0. The van der Waals surface area contributed by atoms with Gasteiger partial charge >= 0.3 is 5.95 Å². The molecule has 1 aromatic heterocycles. The summed E-state index contributed by atoms with van der Waals surface area (Å²) in [4.78, 5) is 18.4. The molecule has 0 aliphatic rings. The van der Waals surface area contributed by atoms with Crippen molar-refractivity contribution in [3.63, 3.8) is 0 Å². The molecule has 3 aromatic rings. The van der Waals surface area contributed by atoms with Gasteiger partial charge in [-0.15, -0.1) is 0 Å². The first kappa shape index (κ1) is 15.7. The molecule has 8 heteroatoms. The van der Waals surface area contributed by atoms with Crippen LogP contribution >= 0.6 is 11.6 Å². The number of para-hydroxylation sites is 1. The summed E-state index contributed by atoms with van der Waals surface area (Å²) in [5.74, 6) is -0.276. The number of halogens is 1. The number of nitro groups is 1. The summed E-state index contributed by atoms with van der Waals surface area (Å²) in [6, 6.07) is 12.6. The van der Waals surface area contributed by atoms with E-state index in [2.05, 4.69) is 9.98 Å². The number of hydrogen-bond acceptors (Lipinski definition) is 6. The van der Waals surface area contributed by atoms with Gasteiger partial charge in [0.2, 0.25) is 5.89 Å². The maximum absolute atomic E-state index is 10.7. The van der Waals surface area contributed by atoms with Crippen LogP contribution in [0.5, 0.6) is 5.95 Å². The largest absolute Gasteiger partial charge is 0.479 e. The smallest absolute Gasteiger partial charge is 0.312 e. The highest BCUT2D eigenvalue weighted by atomic mass is 35.5. The number of hydrogen-bond donors (Lipinski definition) is 1. The van der Waals surface area contributed by atoms with Gasteiger partial charge in [0.1, 0.15) is 0 Å². The normalized spacial score (nSPS) is 11.0. The van der Waals surface area contributed by atoms with Crippen molar-refractivity contribution < 1.29 is 14.4 Å². The third-order valence-electron chi connectivity index (χ3n) is 3.14. The molecule has 0 saturated heterocycles. The van der Waals surface area contributed by atoms with E-state index >= 15 is 0 Å². The number of nitrogens with zero attached hydrogens (tertiary/aromatic N) is 3. The average molecular weight is 344 g/mol. The second-order valence-electron chi connectivity index (χ2n) is 4.72. The van der Waals surface area contributed by atoms with Crippen LogP contribution in [0.25, 0.3) is 11.5 Å². The molecule has 1 N–H and O–H groups in total. The lowest BCUT2D eigenvalue weighted by Gasteiger charge is -1.95. The molecule has 0 bridgehead atoms. The van der Waals surface area contributed by atoms with Crippen molar-refractivity contribution in [1.82, 2.24) is 4.98 Å².